The fourth-order valence-electron chi connectivity index (χ4n) is 4.02. The number of hydrogen-bond donors (Lipinski definition) is 2. The van der Waals surface area contributed by atoms with Crippen molar-refractivity contribution in [1.29, 1.82) is 0 Å². The van der Waals surface area contributed by atoms with Gasteiger partial charge in [-0.05, 0) is 48.0 Å². The summed E-state index contributed by atoms with van der Waals surface area (Å²) >= 11 is 0. The van der Waals surface area contributed by atoms with Crippen molar-refractivity contribution in [3.8, 4) is 11.1 Å². The van der Waals surface area contributed by atoms with E-state index in [9.17, 15) is 14.0 Å². The van der Waals surface area contributed by atoms with E-state index in [2.05, 4.69) is 15.3 Å². The molecule has 176 valence electrons. The van der Waals surface area contributed by atoms with Crippen LogP contribution in [0.3, 0.4) is 0 Å². The van der Waals surface area contributed by atoms with E-state index in [-0.39, 0.29) is 22.8 Å². The van der Waals surface area contributed by atoms with Gasteiger partial charge in [-0.15, -0.1) is 0 Å². The molecule has 9 heteroatoms. The van der Waals surface area contributed by atoms with Gasteiger partial charge in [0.25, 0.3) is 0 Å². The molecule has 1 fully saturated rings. The number of halogens is 2. The van der Waals surface area contributed by atoms with Crippen molar-refractivity contribution in [2.24, 2.45) is 5.73 Å². The molecule has 1 amide bonds. The number of nitrogens with two attached hydrogens (primary N) is 1. The maximum atomic E-state index is 15.4. The van der Waals surface area contributed by atoms with Crippen LogP contribution in [0.2, 0.25) is 0 Å². The fourth-order valence-corrected chi connectivity index (χ4v) is 4.02. The molecule has 0 saturated carbocycles. The maximum absolute atomic E-state index is 15.4. The number of morpholine rings is 1. The van der Waals surface area contributed by atoms with Crippen molar-refractivity contribution in [2.75, 3.05) is 19.7 Å². The minimum atomic E-state index is -0.995. The SMILES string of the molecule is NC(=O)c1ccc(-c2ccc(F)c(C(=O)c3ccc4nc(C5CNCCO5)cnc4c3)c2F)cc1. The number of ketones is 1. The van der Waals surface area contributed by atoms with Crippen LogP contribution in [-0.4, -0.2) is 41.4 Å². The van der Waals surface area contributed by atoms with Gasteiger partial charge >= 0.3 is 0 Å². The molecule has 1 aliphatic rings. The highest BCUT2D eigenvalue weighted by Crippen LogP contribution is 2.29. The standard InChI is InChI=1S/C26H20F2N4O3/c27-18-7-6-17(14-1-3-15(4-2-14)26(29)34)24(28)23(18)25(33)16-5-8-19-20(11-16)31-12-21(32-19)22-13-30-9-10-35-22/h1-8,11-12,22,30H,9-10,13H2,(H2,29,34). The molecule has 0 aliphatic carbocycles. The summed E-state index contributed by atoms with van der Waals surface area (Å²) in [7, 11) is 0. The summed E-state index contributed by atoms with van der Waals surface area (Å²) in [5.41, 5.74) is 6.91. The Labute approximate surface area is 199 Å². The van der Waals surface area contributed by atoms with Gasteiger partial charge in [0, 0.05) is 29.8 Å². The summed E-state index contributed by atoms with van der Waals surface area (Å²) in [5, 5.41) is 3.23. The van der Waals surface area contributed by atoms with Crippen LogP contribution >= 0.6 is 0 Å². The number of nitrogens with one attached hydrogen (secondary N) is 1. The Hall–Kier alpha value is -4.08. The number of ether oxygens (including phenoxy) is 1. The molecule has 4 aromatic rings. The van der Waals surface area contributed by atoms with Crippen molar-refractivity contribution in [2.45, 2.75) is 6.10 Å². The molecule has 1 aliphatic heterocycles. The van der Waals surface area contributed by atoms with E-state index < -0.39 is 28.9 Å². The van der Waals surface area contributed by atoms with Crippen LogP contribution in [0, 0.1) is 11.6 Å². The topological polar surface area (TPSA) is 107 Å². The normalized spacial score (nSPS) is 15.8. The van der Waals surface area contributed by atoms with Gasteiger partial charge in [-0.3, -0.25) is 14.6 Å². The summed E-state index contributed by atoms with van der Waals surface area (Å²) in [4.78, 5) is 33.4. The molecule has 1 saturated heterocycles. The van der Waals surface area contributed by atoms with Crippen molar-refractivity contribution < 1.29 is 23.1 Å². The minimum Gasteiger partial charge on any atom is -0.369 e. The molecule has 0 spiro atoms. The van der Waals surface area contributed by atoms with E-state index in [1.165, 1.54) is 42.5 Å². The third kappa shape index (κ3) is 4.39. The predicted octanol–water partition coefficient (Wildman–Crippen LogP) is 3.57. The quantitative estimate of drug-likeness (QED) is 0.429. The number of benzene rings is 3. The Balaban J connectivity index is 1.48. The molecular weight excluding hydrogens is 454 g/mol. The molecule has 3 aromatic carbocycles. The summed E-state index contributed by atoms with van der Waals surface area (Å²) in [5.74, 6) is -3.41. The summed E-state index contributed by atoms with van der Waals surface area (Å²) in [6, 6.07) is 12.7. The van der Waals surface area contributed by atoms with Gasteiger partial charge in [0.15, 0.2) is 5.78 Å². The average Bonchev–Trinajstić information content (AvgIpc) is 2.88. The number of amides is 1. The van der Waals surface area contributed by atoms with Gasteiger partial charge in [0.05, 0.1) is 35.1 Å². The highest BCUT2D eigenvalue weighted by molar-refractivity contribution is 6.11. The highest BCUT2D eigenvalue weighted by atomic mass is 19.1. The lowest BCUT2D eigenvalue weighted by molar-refractivity contribution is 0.0250. The van der Waals surface area contributed by atoms with Crippen LogP contribution in [0.1, 0.15) is 38.1 Å². The first kappa shape index (κ1) is 22.7. The average molecular weight is 474 g/mol. The summed E-state index contributed by atoms with van der Waals surface area (Å²) < 4.78 is 35.7. The number of hydrogen-bond acceptors (Lipinski definition) is 6. The Morgan fingerprint density at radius 3 is 2.49 bits per heavy atom. The first-order valence-corrected chi connectivity index (χ1v) is 10.9. The molecule has 35 heavy (non-hydrogen) atoms. The van der Waals surface area contributed by atoms with Crippen LogP contribution in [0.4, 0.5) is 8.78 Å². The molecule has 1 aromatic heterocycles. The molecule has 3 N–H and O–H groups in total. The van der Waals surface area contributed by atoms with E-state index in [1.54, 1.807) is 12.3 Å². The van der Waals surface area contributed by atoms with E-state index in [1.807, 2.05) is 0 Å². The van der Waals surface area contributed by atoms with Crippen molar-refractivity contribution in [3.63, 3.8) is 0 Å². The van der Waals surface area contributed by atoms with Crippen molar-refractivity contribution >= 4 is 22.7 Å². The number of carbonyl (C=O) groups excluding carboxylic acids is 2. The molecule has 5 rings (SSSR count). The Kier molecular flexibility index (Phi) is 6.02. The van der Waals surface area contributed by atoms with Crippen LogP contribution in [0.5, 0.6) is 0 Å². The number of fused-ring (bicyclic) bond motifs is 1. The zero-order valence-corrected chi connectivity index (χ0v) is 18.4. The first-order valence-electron chi connectivity index (χ1n) is 10.9. The number of rotatable bonds is 5. The second-order valence-electron chi connectivity index (χ2n) is 8.12. The zero-order chi connectivity index (χ0) is 24.5. The monoisotopic (exact) mass is 474 g/mol. The smallest absolute Gasteiger partial charge is 0.248 e. The molecule has 2 heterocycles. The largest absolute Gasteiger partial charge is 0.369 e. The number of primary amides is 1. The summed E-state index contributed by atoms with van der Waals surface area (Å²) in [6.45, 7) is 1.97. The molecule has 1 unspecified atom stereocenters. The summed E-state index contributed by atoms with van der Waals surface area (Å²) in [6.07, 6.45) is 1.36. The fraction of sp³-hybridized carbons (Fsp3) is 0.154. The zero-order valence-electron chi connectivity index (χ0n) is 18.4. The van der Waals surface area contributed by atoms with Gasteiger partial charge in [-0.2, -0.15) is 0 Å². The number of carbonyl (C=O) groups is 2. The van der Waals surface area contributed by atoms with Crippen LogP contribution in [0.25, 0.3) is 22.2 Å². The van der Waals surface area contributed by atoms with E-state index >= 15 is 4.39 Å². The van der Waals surface area contributed by atoms with E-state index in [0.717, 1.165) is 12.6 Å². The lowest BCUT2D eigenvalue weighted by Crippen LogP contribution is -2.33. The van der Waals surface area contributed by atoms with Gasteiger partial charge < -0.3 is 15.8 Å². The van der Waals surface area contributed by atoms with Gasteiger partial charge in [-0.1, -0.05) is 12.1 Å². The Bertz CT molecular complexity index is 1450. The maximum Gasteiger partial charge on any atom is 0.248 e. The van der Waals surface area contributed by atoms with Crippen LogP contribution in [0.15, 0.2) is 60.8 Å². The Morgan fingerprint density at radius 1 is 1.00 bits per heavy atom. The third-order valence-electron chi connectivity index (χ3n) is 5.88. The molecule has 7 nitrogen and oxygen atoms in total. The van der Waals surface area contributed by atoms with Crippen molar-refractivity contribution in [3.05, 3.63) is 94.8 Å². The number of aromatic nitrogens is 2. The second kappa shape index (κ2) is 9.28. The van der Waals surface area contributed by atoms with Gasteiger partial charge in [0.1, 0.15) is 17.7 Å². The molecular formula is C26H20F2N4O3. The number of nitrogens with zero attached hydrogens (tertiary/aromatic N) is 2. The van der Waals surface area contributed by atoms with Crippen LogP contribution in [-0.2, 0) is 4.74 Å². The van der Waals surface area contributed by atoms with Crippen molar-refractivity contribution in [1.82, 2.24) is 15.3 Å². The minimum absolute atomic E-state index is 0.0251. The predicted molar refractivity (Wildman–Crippen MR) is 125 cm³/mol. The molecule has 0 radical (unpaired) electrons. The third-order valence-corrected chi connectivity index (χ3v) is 5.88. The molecule has 0 bridgehead atoms. The highest BCUT2D eigenvalue weighted by Gasteiger charge is 2.24. The second-order valence-corrected chi connectivity index (χ2v) is 8.12. The van der Waals surface area contributed by atoms with E-state index in [0.29, 0.717) is 35.4 Å². The molecule has 1 atom stereocenters. The first-order chi connectivity index (χ1) is 16.9. The lowest BCUT2D eigenvalue weighted by Gasteiger charge is -2.22. The van der Waals surface area contributed by atoms with E-state index in [4.69, 9.17) is 10.5 Å². The van der Waals surface area contributed by atoms with Gasteiger partial charge in [-0.25, -0.2) is 13.8 Å². The lowest BCUT2D eigenvalue weighted by atomic mass is 9.96. The Morgan fingerprint density at radius 2 is 1.77 bits per heavy atom. The van der Waals surface area contributed by atoms with Gasteiger partial charge in [0.2, 0.25) is 5.91 Å². The van der Waals surface area contributed by atoms with Crippen LogP contribution < -0.4 is 11.1 Å².